The highest BCUT2D eigenvalue weighted by Crippen LogP contribution is 2.39. The third-order valence-electron chi connectivity index (χ3n) is 8.02. The molecule has 0 radical (unpaired) electrons. The van der Waals surface area contributed by atoms with Crippen molar-refractivity contribution in [3.8, 4) is 11.4 Å². The largest absolute Gasteiger partial charge is 0.496 e. The summed E-state index contributed by atoms with van der Waals surface area (Å²) in [6.07, 6.45) is 8.13. The number of amides is 2. The minimum absolute atomic E-state index is 0.103. The van der Waals surface area contributed by atoms with Crippen LogP contribution in [0.2, 0.25) is 0 Å². The quantitative estimate of drug-likeness (QED) is 0.412. The zero-order valence-corrected chi connectivity index (χ0v) is 21.3. The van der Waals surface area contributed by atoms with Gasteiger partial charge in [-0.05, 0) is 44.0 Å². The van der Waals surface area contributed by atoms with Crippen LogP contribution in [0.15, 0.2) is 73.1 Å². The number of ether oxygens (including phenoxy) is 1. The molecular weight excluding hydrogens is 464 g/mol. The molecule has 1 atom stereocenters. The second-order valence-corrected chi connectivity index (χ2v) is 10.3. The maximum Gasteiger partial charge on any atom is 0.273 e. The summed E-state index contributed by atoms with van der Waals surface area (Å²) in [5, 5.41) is 4.27. The van der Waals surface area contributed by atoms with Crippen molar-refractivity contribution in [3.05, 3.63) is 84.3 Å². The van der Waals surface area contributed by atoms with Crippen molar-refractivity contribution in [1.29, 1.82) is 0 Å². The summed E-state index contributed by atoms with van der Waals surface area (Å²) in [7, 11) is 1.63. The molecule has 2 amide bonds. The summed E-state index contributed by atoms with van der Waals surface area (Å²) in [5.41, 5.74) is 2.17. The van der Waals surface area contributed by atoms with E-state index in [1.165, 1.54) is 0 Å². The first-order chi connectivity index (χ1) is 18.0. The zero-order chi connectivity index (χ0) is 25.6. The first-order valence-electron chi connectivity index (χ1n) is 13.0. The number of carbonyl (C=O) groups excluding carboxylic acids is 2. The highest BCUT2D eigenvalue weighted by Gasteiger charge is 2.49. The van der Waals surface area contributed by atoms with Crippen LogP contribution >= 0.6 is 0 Å². The molecule has 2 aromatic carbocycles. The Morgan fingerprint density at radius 2 is 1.73 bits per heavy atom. The number of benzene rings is 2. The average molecular weight is 497 g/mol. The van der Waals surface area contributed by atoms with Crippen molar-refractivity contribution in [3.63, 3.8) is 0 Å². The smallest absolute Gasteiger partial charge is 0.273 e. The van der Waals surface area contributed by atoms with Gasteiger partial charge in [0.1, 0.15) is 17.0 Å². The first kappa shape index (κ1) is 23.4. The minimum atomic E-state index is -1.08. The van der Waals surface area contributed by atoms with Crippen molar-refractivity contribution >= 4 is 22.7 Å². The van der Waals surface area contributed by atoms with Gasteiger partial charge in [-0.15, -0.1) is 0 Å². The van der Waals surface area contributed by atoms with E-state index in [1.807, 2.05) is 89.1 Å². The molecule has 1 aliphatic heterocycles. The number of carbonyl (C=O) groups is 2. The summed E-state index contributed by atoms with van der Waals surface area (Å²) in [6.45, 7) is 2.53. The Kier molecular flexibility index (Phi) is 5.78. The van der Waals surface area contributed by atoms with Crippen molar-refractivity contribution < 1.29 is 14.3 Å². The van der Waals surface area contributed by atoms with Gasteiger partial charge in [-0.2, -0.15) is 0 Å². The molecule has 7 heteroatoms. The Morgan fingerprint density at radius 1 is 1.03 bits per heavy atom. The number of hydrogen-bond acceptors (Lipinski definition) is 3. The van der Waals surface area contributed by atoms with Gasteiger partial charge in [0.15, 0.2) is 0 Å². The topological polar surface area (TPSA) is 68.5 Å². The van der Waals surface area contributed by atoms with E-state index in [4.69, 9.17) is 4.74 Å². The van der Waals surface area contributed by atoms with Gasteiger partial charge < -0.3 is 24.1 Å². The number of hydrogen-bond donors (Lipinski definition) is 1. The van der Waals surface area contributed by atoms with Gasteiger partial charge >= 0.3 is 0 Å². The van der Waals surface area contributed by atoms with Crippen LogP contribution in [0.25, 0.3) is 16.6 Å². The fourth-order valence-corrected chi connectivity index (χ4v) is 6.01. The molecule has 1 aliphatic carbocycles. The normalized spacial score (nSPS) is 19.8. The Balaban J connectivity index is 1.52. The highest BCUT2D eigenvalue weighted by atomic mass is 16.5. The third kappa shape index (κ3) is 3.80. The molecule has 3 heterocycles. The van der Waals surface area contributed by atoms with Crippen LogP contribution in [0.5, 0.6) is 5.75 Å². The molecule has 2 aliphatic rings. The monoisotopic (exact) mass is 496 g/mol. The number of methoxy groups -OCH3 is 1. The molecule has 2 aromatic heterocycles. The standard InChI is InChI=1S/C30H32N4O3/c1-30(29(36)31-22-12-4-5-13-22)20-33-24-15-7-6-14-23(24)26(32-17-9-10-18-32)27(33)28(35)34(30)19-21-11-3-8-16-25(21)37-2/h3,6-11,14-18,22H,4-5,12-13,19-20H2,1-2H3,(H,31,36)/t30-/m0/s1. The summed E-state index contributed by atoms with van der Waals surface area (Å²) in [5.74, 6) is 0.431. The molecule has 1 fully saturated rings. The van der Waals surface area contributed by atoms with E-state index in [0.717, 1.165) is 47.8 Å². The molecule has 4 aromatic rings. The van der Waals surface area contributed by atoms with Gasteiger partial charge in [0.05, 0.1) is 31.4 Å². The van der Waals surface area contributed by atoms with Crippen LogP contribution in [-0.2, 0) is 17.9 Å². The fourth-order valence-electron chi connectivity index (χ4n) is 6.01. The Bertz CT molecular complexity index is 1470. The lowest BCUT2D eigenvalue weighted by Crippen LogP contribution is -2.64. The SMILES string of the molecule is COc1ccccc1CN1C(=O)c2c(-n3cccc3)c3ccccc3n2C[C@@]1(C)C(=O)NC1CCCC1. The van der Waals surface area contributed by atoms with Crippen LogP contribution in [0, 0.1) is 0 Å². The van der Waals surface area contributed by atoms with E-state index < -0.39 is 5.54 Å². The predicted molar refractivity (Wildman–Crippen MR) is 143 cm³/mol. The van der Waals surface area contributed by atoms with E-state index in [-0.39, 0.29) is 24.4 Å². The molecule has 190 valence electrons. The van der Waals surface area contributed by atoms with E-state index >= 15 is 0 Å². The maximum atomic E-state index is 14.5. The predicted octanol–water partition coefficient (Wildman–Crippen LogP) is 4.91. The van der Waals surface area contributed by atoms with Crippen molar-refractivity contribution in [2.75, 3.05) is 7.11 Å². The van der Waals surface area contributed by atoms with Gasteiger partial charge in [-0.25, -0.2) is 0 Å². The van der Waals surface area contributed by atoms with E-state index in [1.54, 1.807) is 12.0 Å². The van der Waals surface area contributed by atoms with E-state index in [2.05, 4.69) is 5.32 Å². The third-order valence-corrected chi connectivity index (χ3v) is 8.02. The molecule has 0 bridgehead atoms. The lowest BCUT2D eigenvalue weighted by molar-refractivity contribution is -0.133. The second-order valence-electron chi connectivity index (χ2n) is 10.3. The highest BCUT2D eigenvalue weighted by molar-refractivity contribution is 6.08. The number of para-hydroxylation sites is 2. The summed E-state index contributed by atoms with van der Waals surface area (Å²) in [6, 6.07) is 19.8. The number of fused-ring (bicyclic) bond motifs is 3. The van der Waals surface area contributed by atoms with Crippen molar-refractivity contribution in [2.24, 2.45) is 0 Å². The maximum absolute atomic E-state index is 14.5. The lowest BCUT2D eigenvalue weighted by atomic mass is 9.93. The number of aromatic nitrogens is 2. The summed E-state index contributed by atoms with van der Waals surface area (Å²) < 4.78 is 9.65. The zero-order valence-electron chi connectivity index (χ0n) is 21.3. The number of nitrogens with zero attached hydrogens (tertiary/aromatic N) is 3. The van der Waals surface area contributed by atoms with Crippen LogP contribution in [0.4, 0.5) is 0 Å². The molecule has 0 spiro atoms. The van der Waals surface area contributed by atoms with E-state index in [0.29, 0.717) is 18.0 Å². The Morgan fingerprint density at radius 3 is 2.49 bits per heavy atom. The minimum Gasteiger partial charge on any atom is -0.496 e. The molecule has 0 saturated heterocycles. The molecular formula is C30H32N4O3. The Labute approximate surface area is 216 Å². The van der Waals surface area contributed by atoms with Crippen LogP contribution < -0.4 is 10.1 Å². The lowest BCUT2D eigenvalue weighted by Gasteiger charge is -2.45. The van der Waals surface area contributed by atoms with E-state index in [9.17, 15) is 9.59 Å². The molecule has 1 N–H and O–H groups in total. The summed E-state index contributed by atoms with van der Waals surface area (Å²) in [4.78, 5) is 30.3. The van der Waals surface area contributed by atoms with Gasteiger partial charge in [0.2, 0.25) is 5.91 Å². The van der Waals surface area contributed by atoms with Gasteiger partial charge in [-0.3, -0.25) is 9.59 Å². The van der Waals surface area contributed by atoms with Gasteiger partial charge in [-0.1, -0.05) is 49.2 Å². The second kappa shape index (κ2) is 9.14. The molecule has 6 rings (SSSR count). The van der Waals surface area contributed by atoms with Crippen LogP contribution in [0.3, 0.4) is 0 Å². The molecule has 37 heavy (non-hydrogen) atoms. The summed E-state index contributed by atoms with van der Waals surface area (Å²) >= 11 is 0. The first-order valence-corrected chi connectivity index (χ1v) is 13.0. The average Bonchev–Trinajstić information content (AvgIpc) is 3.68. The van der Waals surface area contributed by atoms with Crippen LogP contribution in [-0.4, -0.2) is 44.5 Å². The van der Waals surface area contributed by atoms with Gasteiger partial charge in [0, 0.05) is 29.4 Å². The van der Waals surface area contributed by atoms with Crippen LogP contribution in [0.1, 0.15) is 48.7 Å². The fraction of sp³-hybridized carbons (Fsp3) is 0.333. The number of nitrogens with one attached hydrogen (secondary N) is 1. The molecule has 0 unspecified atom stereocenters. The van der Waals surface area contributed by atoms with Gasteiger partial charge in [0.25, 0.3) is 5.91 Å². The number of rotatable bonds is 6. The Hall–Kier alpha value is -4.00. The van der Waals surface area contributed by atoms with Crippen molar-refractivity contribution in [1.82, 2.24) is 19.4 Å². The van der Waals surface area contributed by atoms with Crippen molar-refractivity contribution in [2.45, 2.75) is 57.3 Å². The molecule has 1 saturated carbocycles. The molecule has 7 nitrogen and oxygen atoms in total.